The molecule has 6 nitrogen and oxygen atoms in total. The van der Waals surface area contributed by atoms with Crippen molar-refractivity contribution in [1.82, 2.24) is 10.2 Å². The van der Waals surface area contributed by atoms with E-state index in [1.807, 2.05) is 31.2 Å². The van der Waals surface area contributed by atoms with Crippen molar-refractivity contribution in [2.24, 2.45) is 0 Å². The average molecular weight is 336 g/mol. The lowest BCUT2D eigenvalue weighted by atomic mass is 9.80. The molecule has 1 spiro atoms. The zero-order valence-corrected chi connectivity index (χ0v) is 14.1. The monoisotopic (exact) mass is 336 g/mol. The number of amides is 2. The van der Waals surface area contributed by atoms with Gasteiger partial charge in [0.15, 0.2) is 0 Å². The topological polar surface area (TPSA) is 86.9 Å². The summed E-state index contributed by atoms with van der Waals surface area (Å²) in [6.07, 6.45) is 7.08. The van der Waals surface area contributed by atoms with E-state index in [4.69, 9.17) is 0 Å². The van der Waals surface area contributed by atoms with E-state index in [1.54, 1.807) is 6.08 Å². The van der Waals surface area contributed by atoms with Gasteiger partial charge >= 0.3 is 0 Å². The molecule has 2 heterocycles. The van der Waals surface area contributed by atoms with E-state index in [-0.39, 0.29) is 17.2 Å². The molecule has 0 bridgehead atoms. The van der Waals surface area contributed by atoms with Crippen LogP contribution < -0.4 is 10.6 Å². The van der Waals surface area contributed by atoms with Crippen molar-refractivity contribution in [3.63, 3.8) is 0 Å². The maximum Gasteiger partial charge on any atom is 0.248 e. The first-order valence-electron chi connectivity index (χ1n) is 8.54. The molecule has 128 valence electrons. The number of aryl methyl sites for hydroxylation is 1. The van der Waals surface area contributed by atoms with Crippen LogP contribution >= 0.6 is 0 Å². The van der Waals surface area contributed by atoms with Gasteiger partial charge in [0, 0.05) is 23.1 Å². The summed E-state index contributed by atoms with van der Waals surface area (Å²) in [7, 11) is 0. The van der Waals surface area contributed by atoms with Crippen molar-refractivity contribution in [3.05, 3.63) is 47.3 Å². The highest BCUT2D eigenvalue weighted by molar-refractivity contribution is 6.08. The Morgan fingerprint density at radius 3 is 2.80 bits per heavy atom. The van der Waals surface area contributed by atoms with E-state index >= 15 is 0 Å². The van der Waals surface area contributed by atoms with Crippen molar-refractivity contribution in [3.8, 4) is 0 Å². The van der Waals surface area contributed by atoms with Crippen LogP contribution in [0.4, 0.5) is 11.4 Å². The molecule has 0 radical (unpaired) electrons. The zero-order chi connectivity index (χ0) is 17.4. The minimum absolute atomic E-state index is 0.0947. The Labute approximate surface area is 145 Å². The maximum atomic E-state index is 12.4. The van der Waals surface area contributed by atoms with Gasteiger partial charge in [0.2, 0.25) is 11.8 Å². The van der Waals surface area contributed by atoms with Gasteiger partial charge in [-0.05, 0) is 49.6 Å². The summed E-state index contributed by atoms with van der Waals surface area (Å²) in [5.74, 6) is -0.141. The van der Waals surface area contributed by atoms with Gasteiger partial charge in [-0.25, -0.2) is 0 Å². The maximum absolute atomic E-state index is 12.4. The molecule has 3 N–H and O–H groups in total. The van der Waals surface area contributed by atoms with Crippen LogP contribution in [0.15, 0.2) is 30.3 Å². The van der Waals surface area contributed by atoms with Crippen molar-refractivity contribution in [2.45, 2.75) is 38.0 Å². The summed E-state index contributed by atoms with van der Waals surface area (Å²) < 4.78 is 0. The number of H-pyrrole nitrogens is 1. The van der Waals surface area contributed by atoms with E-state index in [0.29, 0.717) is 11.4 Å². The number of nitrogens with one attached hydrogen (secondary N) is 3. The first-order valence-corrected chi connectivity index (χ1v) is 8.54. The quantitative estimate of drug-likeness (QED) is 0.753. The van der Waals surface area contributed by atoms with Crippen LogP contribution in [-0.2, 0) is 15.0 Å². The number of hydrogen-bond acceptors (Lipinski definition) is 3. The van der Waals surface area contributed by atoms with Crippen molar-refractivity contribution >= 4 is 29.3 Å². The van der Waals surface area contributed by atoms with Crippen molar-refractivity contribution < 1.29 is 9.59 Å². The summed E-state index contributed by atoms with van der Waals surface area (Å²) in [5, 5.41) is 12.7. The van der Waals surface area contributed by atoms with Gasteiger partial charge in [-0.1, -0.05) is 18.9 Å². The number of fused-ring (bicyclic) bond motifs is 2. The third-order valence-electron chi connectivity index (χ3n) is 5.07. The van der Waals surface area contributed by atoms with Gasteiger partial charge in [0.1, 0.15) is 0 Å². The molecule has 0 saturated heterocycles. The number of carbonyl (C=O) groups is 2. The molecule has 2 aromatic rings. The highest BCUT2D eigenvalue weighted by Gasteiger charge is 2.48. The summed E-state index contributed by atoms with van der Waals surface area (Å²) >= 11 is 0. The Bertz CT molecular complexity index is 875. The zero-order valence-electron chi connectivity index (χ0n) is 14.1. The van der Waals surface area contributed by atoms with E-state index in [0.717, 1.165) is 42.6 Å². The molecule has 1 aliphatic carbocycles. The van der Waals surface area contributed by atoms with Gasteiger partial charge in [-0.3, -0.25) is 14.7 Å². The van der Waals surface area contributed by atoms with Crippen LogP contribution in [0.25, 0.3) is 6.08 Å². The van der Waals surface area contributed by atoms with Crippen LogP contribution in [-0.4, -0.2) is 22.0 Å². The second kappa shape index (κ2) is 5.88. The fourth-order valence-corrected chi connectivity index (χ4v) is 3.85. The summed E-state index contributed by atoms with van der Waals surface area (Å²) in [6, 6.07) is 7.53. The molecule has 6 heteroatoms. The highest BCUT2D eigenvalue weighted by Crippen LogP contribution is 2.49. The molecule has 1 aromatic carbocycles. The summed E-state index contributed by atoms with van der Waals surface area (Å²) in [5.41, 5.74) is 3.84. The Balaban J connectivity index is 1.50. The lowest BCUT2D eigenvalue weighted by Crippen LogP contribution is -2.30. The van der Waals surface area contributed by atoms with E-state index in [2.05, 4.69) is 20.8 Å². The molecule has 2 amide bonds. The molecular weight excluding hydrogens is 316 g/mol. The van der Waals surface area contributed by atoms with Gasteiger partial charge in [-0.2, -0.15) is 5.10 Å². The average Bonchev–Trinajstić information content (AvgIpc) is 3.28. The molecule has 1 aromatic heterocycles. The van der Waals surface area contributed by atoms with E-state index < -0.39 is 0 Å². The van der Waals surface area contributed by atoms with Crippen LogP contribution in [0.2, 0.25) is 0 Å². The van der Waals surface area contributed by atoms with E-state index in [1.165, 1.54) is 6.08 Å². The fourth-order valence-electron chi connectivity index (χ4n) is 3.85. The smallest absolute Gasteiger partial charge is 0.248 e. The molecule has 2 aliphatic rings. The molecule has 1 aliphatic heterocycles. The number of benzene rings is 1. The minimum Gasteiger partial charge on any atom is -0.325 e. The van der Waals surface area contributed by atoms with Crippen LogP contribution in [0, 0.1) is 6.92 Å². The second-order valence-corrected chi connectivity index (χ2v) is 6.80. The highest BCUT2D eigenvalue weighted by atomic mass is 16.2. The van der Waals surface area contributed by atoms with Gasteiger partial charge < -0.3 is 10.6 Å². The Morgan fingerprint density at radius 2 is 2.08 bits per heavy atom. The number of anilines is 2. The van der Waals surface area contributed by atoms with E-state index in [9.17, 15) is 9.59 Å². The van der Waals surface area contributed by atoms with Crippen LogP contribution in [0.5, 0.6) is 0 Å². The third-order valence-corrected chi connectivity index (χ3v) is 5.07. The Kier molecular flexibility index (Phi) is 3.67. The van der Waals surface area contributed by atoms with Gasteiger partial charge in [0.05, 0.1) is 11.1 Å². The first kappa shape index (κ1) is 15.6. The van der Waals surface area contributed by atoms with Crippen molar-refractivity contribution in [1.29, 1.82) is 0 Å². The molecule has 0 atom stereocenters. The largest absolute Gasteiger partial charge is 0.325 e. The molecule has 4 rings (SSSR count). The van der Waals surface area contributed by atoms with Gasteiger partial charge in [-0.15, -0.1) is 0 Å². The lowest BCUT2D eigenvalue weighted by Gasteiger charge is -2.20. The Morgan fingerprint density at radius 1 is 1.28 bits per heavy atom. The van der Waals surface area contributed by atoms with Gasteiger partial charge in [0.25, 0.3) is 0 Å². The molecule has 1 saturated carbocycles. The number of aromatic nitrogens is 2. The molecular formula is C19H20N4O2. The second-order valence-electron chi connectivity index (χ2n) is 6.80. The fraction of sp³-hybridized carbons (Fsp3) is 0.316. The number of hydrogen-bond donors (Lipinski definition) is 3. The number of rotatable bonds is 3. The summed E-state index contributed by atoms with van der Waals surface area (Å²) in [4.78, 5) is 24.5. The number of carbonyl (C=O) groups excluding carboxylic acids is 2. The minimum atomic E-state index is -0.352. The van der Waals surface area contributed by atoms with Crippen molar-refractivity contribution in [2.75, 3.05) is 10.6 Å². The Hall–Kier alpha value is -2.89. The number of aromatic amines is 1. The SMILES string of the molecule is Cc1cc(/C=C/C(=O)Nc2ccc3c(c2)NC(=O)C32CCCC2)n[nH]1. The standard InChI is InChI=1S/C19H20N4O2/c1-12-10-14(23-22-12)5-7-17(24)20-13-4-6-15-16(11-13)21-18(25)19(15)8-2-3-9-19/h4-7,10-11H,2-3,8-9H2,1H3,(H,20,24)(H,21,25)(H,22,23)/b7-5+. The number of nitrogens with zero attached hydrogens (tertiary/aromatic N) is 1. The lowest BCUT2D eigenvalue weighted by molar-refractivity contribution is -0.120. The third kappa shape index (κ3) is 2.73. The molecule has 0 unspecified atom stereocenters. The molecule has 25 heavy (non-hydrogen) atoms. The predicted molar refractivity (Wildman–Crippen MR) is 96.2 cm³/mol. The predicted octanol–water partition coefficient (Wildman–Crippen LogP) is 3.13. The van der Waals surface area contributed by atoms with Crippen LogP contribution in [0.3, 0.4) is 0 Å². The van der Waals surface area contributed by atoms with Crippen LogP contribution in [0.1, 0.15) is 42.6 Å². The first-order chi connectivity index (χ1) is 12.1. The molecule has 1 fully saturated rings. The summed E-state index contributed by atoms with van der Waals surface area (Å²) in [6.45, 7) is 1.90. The normalized spacial score (nSPS) is 17.9.